The van der Waals surface area contributed by atoms with Crippen LogP contribution in [0.5, 0.6) is 11.5 Å². The normalized spacial score (nSPS) is 13.1. The highest BCUT2D eigenvalue weighted by Gasteiger charge is 2.26. The number of aromatic amines is 1. The highest BCUT2D eigenvalue weighted by atomic mass is 32.1. The molecule has 36 heavy (non-hydrogen) atoms. The molecule has 2 aromatic carbocycles. The Bertz CT molecular complexity index is 1400. The van der Waals surface area contributed by atoms with Gasteiger partial charge in [0, 0.05) is 35.3 Å². The molecule has 9 nitrogen and oxygen atoms in total. The molecular formula is C26H23N3O6S. The monoisotopic (exact) mass is 505 g/mol. The number of anilines is 1. The molecule has 2 aromatic heterocycles. The number of benzene rings is 2. The number of aromatic nitrogens is 1. The molecule has 0 aliphatic carbocycles. The second kappa shape index (κ2) is 10.5. The number of carbonyl (C=O) groups is 3. The van der Waals surface area contributed by atoms with Gasteiger partial charge in [0.05, 0.1) is 4.88 Å². The van der Waals surface area contributed by atoms with E-state index in [1.807, 2.05) is 24.3 Å². The number of nitrogens with one attached hydrogen (secondary N) is 3. The van der Waals surface area contributed by atoms with Crippen molar-refractivity contribution in [2.75, 3.05) is 25.1 Å². The molecule has 0 spiro atoms. The number of esters is 1. The van der Waals surface area contributed by atoms with E-state index in [-0.39, 0.29) is 12.3 Å². The largest absolute Gasteiger partial charge is 0.486 e. The molecule has 0 bridgehead atoms. The van der Waals surface area contributed by atoms with Crippen LogP contribution in [0.15, 0.2) is 66.2 Å². The van der Waals surface area contributed by atoms with Gasteiger partial charge in [0.15, 0.2) is 18.1 Å². The highest BCUT2D eigenvalue weighted by molar-refractivity contribution is 7.12. The first-order valence-corrected chi connectivity index (χ1v) is 12.2. The second-order valence-corrected chi connectivity index (χ2v) is 9.03. The zero-order valence-electron chi connectivity index (χ0n) is 19.1. The number of ether oxygens (including phenoxy) is 3. The molecule has 1 unspecified atom stereocenters. The summed E-state index contributed by atoms with van der Waals surface area (Å²) >= 11 is 1.27. The molecule has 3 N–H and O–H groups in total. The van der Waals surface area contributed by atoms with Crippen LogP contribution in [0.25, 0.3) is 10.9 Å². The van der Waals surface area contributed by atoms with Crippen molar-refractivity contribution in [3.63, 3.8) is 0 Å². The molecule has 0 saturated carbocycles. The minimum atomic E-state index is -0.985. The maximum atomic E-state index is 13.0. The Hall–Kier alpha value is -4.31. The number of hydrogen-bond donors (Lipinski definition) is 3. The lowest BCUT2D eigenvalue weighted by atomic mass is 10.0. The molecule has 184 valence electrons. The summed E-state index contributed by atoms with van der Waals surface area (Å²) in [7, 11) is 0. The van der Waals surface area contributed by atoms with E-state index in [4.69, 9.17) is 14.2 Å². The van der Waals surface area contributed by atoms with E-state index >= 15 is 0 Å². The van der Waals surface area contributed by atoms with Gasteiger partial charge in [-0.05, 0) is 35.2 Å². The van der Waals surface area contributed by atoms with Gasteiger partial charge < -0.3 is 29.8 Å². The van der Waals surface area contributed by atoms with Gasteiger partial charge >= 0.3 is 5.97 Å². The fourth-order valence-electron chi connectivity index (χ4n) is 3.91. The van der Waals surface area contributed by atoms with Gasteiger partial charge in [-0.3, -0.25) is 9.59 Å². The van der Waals surface area contributed by atoms with Crippen LogP contribution >= 0.6 is 11.3 Å². The van der Waals surface area contributed by atoms with Crippen molar-refractivity contribution in [1.82, 2.24) is 10.3 Å². The summed E-state index contributed by atoms with van der Waals surface area (Å²) in [6, 6.07) is 15.2. The van der Waals surface area contributed by atoms with Gasteiger partial charge in [-0.25, -0.2) is 4.79 Å². The van der Waals surface area contributed by atoms with Crippen LogP contribution in [0.4, 0.5) is 5.69 Å². The molecule has 1 aliphatic heterocycles. The number of carbonyl (C=O) groups excluding carboxylic acids is 3. The third kappa shape index (κ3) is 5.33. The van der Waals surface area contributed by atoms with Gasteiger partial charge in [0.2, 0.25) is 0 Å². The SMILES string of the molecule is O=C(COC(=O)C(Cc1c[nH]c2ccccc12)NC(=O)c1cccs1)Nc1ccc2c(c1)OCCO2. The molecular weight excluding hydrogens is 482 g/mol. The number of rotatable bonds is 8. The summed E-state index contributed by atoms with van der Waals surface area (Å²) < 4.78 is 16.3. The van der Waals surface area contributed by atoms with Crippen molar-refractivity contribution in [3.8, 4) is 11.5 Å². The molecule has 3 heterocycles. The molecule has 0 fully saturated rings. The number of amides is 2. The number of fused-ring (bicyclic) bond motifs is 2. The van der Waals surface area contributed by atoms with Crippen molar-refractivity contribution in [3.05, 3.63) is 76.6 Å². The standard InChI is InChI=1S/C26H23N3O6S/c30-24(28-17-7-8-21-22(13-17)34-10-9-33-21)15-35-26(32)20(29-25(31)23-6-3-11-36-23)12-16-14-27-19-5-2-1-4-18(16)19/h1-8,11,13-14,20,27H,9-10,12,15H2,(H,28,30)(H,29,31). The molecule has 5 rings (SSSR count). The van der Waals surface area contributed by atoms with Crippen molar-refractivity contribution in [2.45, 2.75) is 12.5 Å². The van der Waals surface area contributed by atoms with Crippen LogP contribution in [0.1, 0.15) is 15.2 Å². The average molecular weight is 506 g/mol. The topological polar surface area (TPSA) is 119 Å². The van der Waals surface area contributed by atoms with E-state index in [0.717, 1.165) is 16.5 Å². The lowest BCUT2D eigenvalue weighted by Crippen LogP contribution is -2.43. The molecule has 2 amide bonds. The van der Waals surface area contributed by atoms with E-state index in [2.05, 4.69) is 15.6 Å². The number of para-hydroxylation sites is 1. The smallest absolute Gasteiger partial charge is 0.329 e. The van der Waals surface area contributed by atoms with E-state index in [1.165, 1.54) is 11.3 Å². The molecule has 10 heteroatoms. The van der Waals surface area contributed by atoms with Crippen molar-refractivity contribution in [1.29, 1.82) is 0 Å². The van der Waals surface area contributed by atoms with Crippen molar-refractivity contribution in [2.24, 2.45) is 0 Å². The number of thiophene rings is 1. The summed E-state index contributed by atoms with van der Waals surface area (Å²) in [5.74, 6) is -0.469. The summed E-state index contributed by atoms with van der Waals surface area (Å²) in [6.07, 6.45) is 2.00. The zero-order valence-corrected chi connectivity index (χ0v) is 19.9. The Labute approximate surface area is 210 Å². The fraction of sp³-hybridized carbons (Fsp3) is 0.192. The summed E-state index contributed by atoms with van der Waals surface area (Å²) in [6.45, 7) is 0.390. The summed E-state index contributed by atoms with van der Waals surface area (Å²) in [5.41, 5.74) is 2.25. The molecule has 1 aliphatic rings. The lowest BCUT2D eigenvalue weighted by molar-refractivity contribution is -0.149. The highest BCUT2D eigenvalue weighted by Crippen LogP contribution is 2.32. The fourth-order valence-corrected chi connectivity index (χ4v) is 4.53. The molecule has 0 radical (unpaired) electrons. The van der Waals surface area contributed by atoms with Crippen LogP contribution in [-0.2, 0) is 20.7 Å². The third-order valence-corrected chi connectivity index (χ3v) is 6.47. The van der Waals surface area contributed by atoms with Crippen molar-refractivity contribution < 1.29 is 28.6 Å². The number of hydrogen-bond acceptors (Lipinski definition) is 7. The first kappa shape index (κ1) is 23.4. The number of H-pyrrole nitrogens is 1. The Kier molecular flexibility index (Phi) is 6.85. The van der Waals surface area contributed by atoms with Crippen LogP contribution in [0, 0.1) is 0 Å². The minimum absolute atomic E-state index is 0.198. The maximum Gasteiger partial charge on any atom is 0.329 e. The van der Waals surface area contributed by atoms with Crippen LogP contribution < -0.4 is 20.1 Å². The Balaban J connectivity index is 1.25. The summed E-state index contributed by atoms with van der Waals surface area (Å²) in [4.78, 5) is 41.8. The predicted molar refractivity (Wildman–Crippen MR) is 135 cm³/mol. The maximum absolute atomic E-state index is 13.0. The average Bonchev–Trinajstić information content (AvgIpc) is 3.58. The Morgan fingerprint density at radius 3 is 2.69 bits per heavy atom. The quantitative estimate of drug-likeness (QED) is 0.315. The second-order valence-electron chi connectivity index (χ2n) is 8.08. The van der Waals surface area contributed by atoms with Gasteiger partial charge in [-0.1, -0.05) is 24.3 Å². The summed E-state index contributed by atoms with van der Waals surface area (Å²) in [5, 5.41) is 8.15. The molecule has 1 atom stereocenters. The molecule has 0 saturated heterocycles. The van der Waals surface area contributed by atoms with Gasteiger partial charge in [0.1, 0.15) is 19.3 Å². The van der Waals surface area contributed by atoms with E-state index in [1.54, 1.807) is 41.9 Å². The van der Waals surface area contributed by atoms with Gasteiger partial charge in [-0.15, -0.1) is 11.3 Å². The van der Waals surface area contributed by atoms with Crippen LogP contribution in [-0.4, -0.2) is 48.6 Å². The van der Waals surface area contributed by atoms with E-state index in [0.29, 0.717) is 35.3 Å². The Morgan fingerprint density at radius 1 is 1.03 bits per heavy atom. The predicted octanol–water partition coefficient (Wildman–Crippen LogP) is 3.52. The van der Waals surface area contributed by atoms with Gasteiger partial charge in [0.25, 0.3) is 11.8 Å². The first-order valence-electron chi connectivity index (χ1n) is 11.3. The molecule has 4 aromatic rings. The minimum Gasteiger partial charge on any atom is -0.486 e. The van der Waals surface area contributed by atoms with E-state index < -0.39 is 24.5 Å². The first-order chi connectivity index (χ1) is 17.6. The van der Waals surface area contributed by atoms with Gasteiger partial charge in [-0.2, -0.15) is 0 Å². The third-order valence-electron chi connectivity index (χ3n) is 5.61. The van der Waals surface area contributed by atoms with Crippen LogP contribution in [0.2, 0.25) is 0 Å². The van der Waals surface area contributed by atoms with Crippen molar-refractivity contribution >= 4 is 45.7 Å². The zero-order chi connectivity index (χ0) is 24.9. The van der Waals surface area contributed by atoms with E-state index in [9.17, 15) is 14.4 Å². The lowest BCUT2D eigenvalue weighted by Gasteiger charge is -2.19. The van der Waals surface area contributed by atoms with Crippen LogP contribution in [0.3, 0.4) is 0 Å². The Morgan fingerprint density at radius 2 is 1.86 bits per heavy atom.